The molecule has 2 rings (SSSR count). The van der Waals surface area contributed by atoms with Crippen LogP contribution in [-0.2, 0) is 16.6 Å². The van der Waals surface area contributed by atoms with Gasteiger partial charge in [-0.15, -0.1) is 6.58 Å². The third kappa shape index (κ3) is 3.66. The van der Waals surface area contributed by atoms with Crippen LogP contribution in [0.3, 0.4) is 0 Å². The Balaban J connectivity index is 1.99. The van der Waals surface area contributed by atoms with Crippen molar-refractivity contribution in [3.63, 3.8) is 0 Å². The number of hydrogen-bond acceptors (Lipinski definition) is 3. The second-order valence-electron chi connectivity index (χ2n) is 4.44. The molecule has 1 aromatic rings. The predicted octanol–water partition coefficient (Wildman–Crippen LogP) is 1.40. The van der Waals surface area contributed by atoms with Crippen LogP contribution in [-0.4, -0.2) is 21.0 Å². The second-order valence-corrected chi connectivity index (χ2v) is 6.21. The minimum atomic E-state index is -3.40. The number of rotatable bonds is 7. The number of benzene rings is 1. The second kappa shape index (κ2) is 5.65. The highest BCUT2D eigenvalue weighted by atomic mass is 32.2. The SMILES string of the molecule is C=CCNS(=O)(=O)c1ccc(CNC2CC2)cc1. The molecule has 0 radical (unpaired) electrons. The lowest BCUT2D eigenvalue weighted by molar-refractivity contribution is 0.585. The van der Waals surface area contributed by atoms with Crippen LogP contribution in [0.15, 0.2) is 41.8 Å². The van der Waals surface area contributed by atoms with Gasteiger partial charge in [0.15, 0.2) is 0 Å². The van der Waals surface area contributed by atoms with Gasteiger partial charge in [0.1, 0.15) is 0 Å². The van der Waals surface area contributed by atoms with Crippen LogP contribution >= 0.6 is 0 Å². The average molecular weight is 266 g/mol. The maximum Gasteiger partial charge on any atom is 0.240 e. The molecule has 1 aliphatic rings. The van der Waals surface area contributed by atoms with E-state index in [1.54, 1.807) is 12.1 Å². The van der Waals surface area contributed by atoms with Gasteiger partial charge in [-0.3, -0.25) is 0 Å². The molecule has 0 unspecified atom stereocenters. The Morgan fingerprint density at radius 1 is 1.28 bits per heavy atom. The van der Waals surface area contributed by atoms with E-state index in [1.807, 2.05) is 12.1 Å². The molecular formula is C13H18N2O2S. The maximum atomic E-state index is 11.8. The van der Waals surface area contributed by atoms with Crippen molar-refractivity contribution < 1.29 is 8.42 Å². The van der Waals surface area contributed by atoms with Gasteiger partial charge in [-0.2, -0.15) is 0 Å². The van der Waals surface area contributed by atoms with Crippen LogP contribution in [0.2, 0.25) is 0 Å². The first-order valence-corrected chi connectivity index (χ1v) is 7.53. The van der Waals surface area contributed by atoms with Crippen LogP contribution < -0.4 is 10.0 Å². The van der Waals surface area contributed by atoms with Crippen molar-refractivity contribution in [2.45, 2.75) is 30.3 Å². The van der Waals surface area contributed by atoms with Gasteiger partial charge in [0.2, 0.25) is 10.0 Å². The summed E-state index contributed by atoms with van der Waals surface area (Å²) in [4.78, 5) is 0.291. The normalized spacial score (nSPS) is 15.6. The van der Waals surface area contributed by atoms with Gasteiger partial charge in [-0.1, -0.05) is 18.2 Å². The van der Waals surface area contributed by atoms with E-state index in [0.717, 1.165) is 12.1 Å². The van der Waals surface area contributed by atoms with E-state index in [0.29, 0.717) is 10.9 Å². The fourth-order valence-corrected chi connectivity index (χ4v) is 2.59. The van der Waals surface area contributed by atoms with Gasteiger partial charge >= 0.3 is 0 Å². The van der Waals surface area contributed by atoms with E-state index < -0.39 is 10.0 Å². The summed E-state index contributed by atoms with van der Waals surface area (Å²) < 4.78 is 26.1. The molecule has 0 atom stereocenters. The molecule has 0 spiro atoms. The summed E-state index contributed by atoms with van der Waals surface area (Å²) >= 11 is 0. The molecule has 1 aromatic carbocycles. The smallest absolute Gasteiger partial charge is 0.240 e. The molecule has 2 N–H and O–H groups in total. The van der Waals surface area contributed by atoms with E-state index >= 15 is 0 Å². The Morgan fingerprint density at radius 3 is 2.50 bits per heavy atom. The van der Waals surface area contributed by atoms with E-state index in [2.05, 4.69) is 16.6 Å². The van der Waals surface area contributed by atoms with Crippen molar-refractivity contribution in [1.82, 2.24) is 10.0 Å². The molecule has 18 heavy (non-hydrogen) atoms. The first kappa shape index (κ1) is 13.3. The zero-order valence-corrected chi connectivity index (χ0v) is 11.0. The van der Waals surface area contributed by atoms with Crippen LogP contribution in [0.5, 0.6) is 0 Å². The summed E-state index contributed by atoms with van der Waals surface area (Å²) in [5, 5.41) is 3.39. The zero-order chi connectivity index (χ0) is 13.0. The quantitative estimate of drug-likeness (QED) is 0.734. The molecule has 0 amide bonds. The van der Waals surface area contributed by atoms with Gasteiger partial charge < -0.3 is 5.32 Å². The Bertz CT molecular complexity index is 504. The molecule has 0 aliphatic heterocycles. The van der Waals surface area contributed by atoms with Gasteiger partial charge in [-0.25, -0.2) is 13.1 Å². The third-order valence-corrected chi connectivity index (χ3v) is 4.26. The van der Waals surface area contributed by atoms with Crippen molar-refractivity contribution in [2.75, 3.05) is 6.54 Å². The molecule has 1 saturated carbocycles. The maximum absolute atomic E-state index is 11.8. The minimum absolute atomic E-state index is 0.243. The summed E-state index contributed by atoms with van der Waals surface area (Å²) in [6, 6.07) is 7.61. The predicted molar refractivity (Wildman–Crippen MR) is 71.7 cm³/mol. The van der Waals surface area contributed by atoms with E-state index in [4.69, 9.17) is 0 Å². The Hall–Kier alpha value is -1.17. The van der Waals surface area contributed by atoms with E-state index in [-0.39, 0.29) is 6.54 Å². The highest BCUT2D eigenvalue weighted by molar-refractivity contribution is 7.89. The molecule has 5 heteroatoms. The molecule has 0 saturated heterocycles. The van der Waals surface area contributed by atoms with E-state index in [1.165, 1.54) is 18.9 Å². The summed E-state index contributed by atoms with van der Waals surface area (Å²) in [5.41, 5.74) is 1.10. The molecule has 0 bridgehead atoms. The first-order chi connectivity index (χ1) is 8.62. The third-order valence-electron chi connectivity index (χ3n) is 2.82. The minimum Gasteiger partial charge on any atom is -0.310 e. The largest absolute Gasteiger partial charge is 0.310 e. The van der Waals surface area contributed by atoms with Crippen LogP contribution in [0.1, 0.15) is 18.4 Å². The Morgan fingerprint density at radius 2 is 1.94 bits per heavy atom. The number of sulfonamides is 1. The van der Waals surface area contributed by atoms with Crippen LogP contribution in [0.25, 0.3) is 0 Å². The number of nitrogens with one attached hydrogen (secondary N) is 2. The Labute approximate surface area is 108 Å². The summed E-state index contributed by atoms with van der Waals surface area (Å²) in [6.45, 7) is 4.52. The van der Waals surface area contributed by atoms with Crippen molar-refractivity contribution >= 4 is 10.0 Å². The molecule has 98 valence electrons. The summed E-state index contributed by atoms with van der Waals surface area (Å²) in [5.74, 6) is 0. The van der Waals surface area contributed by atoms with E-state index in [9.17, 15) is 8.42 Å². The summed E-state index contributed by atoms with van der Waals surface area (Å²) in [6.07, 6.45) is 4.02. The van der Waals surface area contributed by atoms with Crippen LogP contribution in [0.4, 0.5) is 0 Å². The lowest BCUT2D eigenvalue weighted by Crippen LogP contribution is -2.23. The molecular weight excluding hydrogens is 248 g/mol. The topological polar surface area (TPSA) is 58.2 Å². The zero-order valence-electron chi connectivity index (χ0n) is 10.2. The van der Waals surface area contributed by atoms with Gasteiger partial charge in [-0.05, 0) is 30.5 Å². The Kier molecular flexibility index (Phi) is 4.16. The molecule has 4 nitrogen and oxygen atoms in total. The van der Waals surface area contributed by atoms with Crippen LogP contribution in [0, 0.1) is 0 Å². The van der Waals surface area contributed by atoms with Crippen molar-refractivity contribution in [2.24, 2.45) is 0 Å². The molecule has 1 aliphatic carbocycles. The lowest BCUT2D eigenvalue weighted by atomic mass is 10.2. The first-order valence-electron chi connectivity index (χ1n) is 6.05. The standard InChI is InChI=1S/C13H18N2O2S/c1-2-9-15-18(16,17)13-7-3-11(4-8-13)10-14-12-5-6-12/h2-4,7-8,12,14-15H,1,5-6,9-10H2. The van der Waals surface area contributed by atoms with Gasteiger partial charge in [0.25, 0.3) is 0 Å². The highest BCUT2D eigenvalue weighted by Crippen LogP contribution is 2.19. The lowest BCUT2D eigenvalue weighted by Gasteiger charge is -2.06. The number of hydrogen-bond donors (Lipinski definition) is 2. The van der Waals surface area contributed by atoms with Gasteiger partial charge in [0.05, 0.1) is 4.90 Å². The molecule has 1 fully saturated rings. The summed E-state index contributed by atoms with van der Waals surface area (Å²) in [7, 11) is -3.40. The monoisotopic (exact) mass is 266 g/mol. The van der Waals surface area contributed by atoms with Crippen molar-refractivity contribution in [3.8, 4) is 0 Å². The molecule has 0 heterocycles. The van der Waals surface area contributed by atoms with Crippen molar-refractivity contribution in [1.29, 1.82) is 0 Å². The van der Waals surface area contributed by atoms with Gasteiger partial charge in [0, 0.05) is 19.1 Å². The fourth-order valence-electron chi connectivity index (χ4n) is 1.59. The highest BCUT2D eigenvalue weighted by Gasteiger charge is 2.20. The average Bonchev–Trinajstić information content (AvgIpc) is 3.18. The van der Waals surface area contributed by atoms with Crippen molar-refractivity contribution in [3.05, 3.63) is 42.5 Å². The fraction of sp³-hybridized carbons (Fsp3) is 0.385. The molecule has 0 aromatic heterocycles.